The molecule has 0 atom stereocenters. The number of amides is 1. The van der Waals surface area contributed by atoms with Crippen LogP contribution in [0.2, 0.25) is 0 Å². The van der Waals surface area contributed by atoms with Crippen LogP contribution in [0, 0.1) is 13.8 Å². The maximum atomic E-state index is 12.5. The van der Waals surface area contributed by atoms with Gasteiger partial charge in [0.05, 0.1) is 7.11 Å². The molecule has 0 fully saturated rings. The summed E-state index contributed by atoms with van der Waals surface area (Å²) in [4.78, 5) is 14.3. The van der Waals surface area contributed by atoms with E-state index in [-0.39, 0.29) is 5.91 Å². The van der Waals surface area contributed by atoms with Crippen molar-refractivity contribution in [1.82, 2.24) is 0 Å². The molecule has 23 heavy (non-hydrogen) atoms. The number of carbonyl (C=O) groups is 1. The molecule has 2 aromatic rings. The summed E-state index contributed by atoms with van der Waals surface area (Å²) >= 11 is 0. The van der Waals surface area contributed by atoms with Crippen LogP contribution in [0.5, 0.6) is 5.75 Å². The third-order valence-electron chi connectivity index (χ3n) is 3.85. The maximum Gasteiger partial charge on any atom is 0.250 e. The SMILES string of the molecule is CCN(C(=O)/C=C/c1c(C)cc(OC)cc1C)c1ccccc1. The Hall–Kier alpha value is -2.55. The first-order chi connectivity index (χ1) is 11.1. The molecule has 0 aliphatic carbocycles. The van der Waals surface area contributed by atoms with E-state index in [4.69, 9.17) is 4.74 Å². The van der Waals surface area contributed by atoms with E-state index in [2.05, 4.69) is 0 Å². The summed E-state index contributed by atoms with van der Waals surface area (Å²) in [6.45, 7) is 6.65. The molecule has 0 radical (unpaired) electrons. The fourth-order valence-electron chi connectivity index (χ4n) is 2.63. The van der Waals surface area contributed by atoms with Crippen LogP contribution in [-0.2, 0) is 4.79 Å². The monoisotopic (exact) mass is 309 g/mol. The molecule has 0 saturated heterocycles. The molecule has 1 amide bonds. The molecule has 3 heteroatoms. The minimum Gasteiger partial charge on any atom is -0.497 e. The number of hydrogen-bond acceptors (Lipinski definition) is 2. The van der Waals surface area contributed by atoms with Crippen LogP contribution in [0.1, 0.15) is 23.6 Å². The van der Waals surface area contributed by atoms with E-state index in [1.165, 1.54) is 0 Å². The minimum absolute atomic E-state index is 0.0201. The van der Waals surface area contributed by atoms with Gasteiger partial charge in [0.25, 0.3) is 5.91 Å². The van der Waals surface area contributed by atoms with Gasteiger partial charge in [0.1, 0.15) is 5.75 Å². The zero-order chi connectivity index (χ0) is 16.8. The molecular formula is C20H23NO2. The van der Waals surface area contributed by atoms with Crippen molar-refractivity contribution in [3.63, 3.8) is 0 Å². The van der Waals surface area contributed by atoms with Gasteiger partial charge in [0.15, 0.2) is 0 Å². The molecular weight excluding hydrogens is 286 g/mol. The molecule has 2 aromatic carbocycles. The first-order valence-corrected chi connectivity index (χ1v) is 7.76. The normalized spacial score (nSPS) is 10.8. The number of methoxy groups -OCH3 is 1. The molecule has 0 saturated carbocycles. The second-order valence-electron chi connectivity index (χ2n) is 5.43. The van der Waals surface area contributed by atoms with Gasteiger partial charge in [-0.25, -0.2) is 0 Å². The smallest absolute Gasteiger partial charge is 0.250 e. The lowest BCUT2D eigenvalue weighted by atomic mass is 10.0. The van der Waals surface area contributed by atoms with Gasteiger partial charge in [-0.05, 0) is 67.8 Å². The van der Waals surface area contributed by atoms with Crippen LogP contribution < -0.4 is 9.64 Å². The Morgan fingerprint density at radius 3 is 2.26 bits per heavy atom. The van der Waals surface area contributed by atoms with Crippen LogP contribution in [0.4, 0.5) is 5.69 Å². The summed E-state index contributed by atoms with van der Waals surface area (Å²) in [5.41, 5.74) is 4.15. The second-order valence-corrected chi connectivity index (χ2v) is 5.43. The second kappa shape index (κ2) is 7.63. The van der Waals surface area contributed by atoms with Gasteiger partial charge >= 0.3 is 0 Å². The van der Waals surface area contributed by atoms with Crippen LogP contribution in [0.25, 0.3) is 6.08 Å². The molecule has 0 aliphatic heterocycles. The third-order valence-corrected chi connectivity index (χ3v) is 3.85. The Morgan fingerprint density at radius 1 is 1.13 bits per heavy atom. The van der Waals surface area contributed by atoms with Crippen molar-refractivity contribution in [2.75, 3.05) is 18.6 Å². The molecule has 0 aromatic heterocycles. The molecule has 120 valence electrons. The number of para-hydroxylation sites is 1. The van der Waals surface area contributed by atoms with Gasteiger partial charge in [0, 0.05) is 18.3 Å². The lowest BCUT2D eigenvalue weighted by Crippen LogP contribution is -2.28. The first kappa shape index (κ1) is 16.8. The average molecular weight is 309 g/mol. The molecule has 0 aliphatic rings. The van der Waals surface area contributed by atoms with Crippen molar-refractivity contribution in [2.24, 2.45) is 0 Å². The van der Waals surface area contributed by atoms with E-state index in [9.17, 15) is 4.79 Å². The zero-order valence-corrected chi connectivity index (χ0v) is 14.2. The fourth-order valence-corrected chi connectivity index (χ4v) is 2.63. The Morgan fingerprint density at radius 2 is 1.74 bits per heavy atom. The molecule has 0 spiro atoms. The highest BCUT2D eigenvalue weighted by Gasteiger charge is 2.11. The summed E-state index contributed by atoms with van der Waals surface area (Å²) in [7, 11) is 1.66. The number of ether oxygens (including phenoxy) is 1. The molecule has 2 rings (SSSR count). The topological polar surface area (TPSA) is 29.5 Å². The average Bonchev–Trinajstić information content (AvgIpc) is 2.55. The van der Waals surface area contributed by atoms with Crippen molar-refractivity contribution >= 4 is 17.7 Å². The molecule has 0 heterocycles. The highest BCUT2D eigenvalue weighted by atomic mass is 16.5. The zero-order valence-electron chi connectivity index (χ0n) is 14.2. The van der Waals surface area contributed by atoms with Crippen LogP contribution >= 0.6 is 0 Å². The van der Waals surface area contributed by atoms with Gasteiger partial charge < -0.3 is 9.64 Å². The number of nitrogens with zero attached hydrogens (tertiary/aromatic N) is 1. The summed E-state index contributed by atoms with van der Waals surface area (Å²) in [6.07, 6.45) is 3.52. The van der Waals surface area contributed by atoms with Crippen molar-refractivity contribution < 1.29 is 9.53 Å². The number of aryl methyl sites for hydroxylation is 2. The predicted octanol–water partition coefficient (Wildman–Crippen LogP) is 4.38. The molecule has 3 nitrogen and oxygen atoms in total. The van der Waals surface area contributed by atoms with E-state index in [0.717, 1.165) is 28.1 Å². The Bertz CT molecular complexity index is 682. The van der Waals surface area contributed by atoms with Gasteiger partial charge in [-0.2, -0.15) is 0 Å². The molecule has 0 N–H and O–H groups in total. The Kier molecular flexibility index (Phi) is 5.58. The quantitative estimate of drug-likeness (QED) is 0.767. The third kappa shape index (κ3) is 4.01. The summed E-state index contributed by atoms with van der Waals surface area (Å²) in [5.74, 6) is 0.816. The van der Waals surface area contributed by atoms with E-state index in [0.29, 0.717) is 6.54 Å². The number of likely N-dealkylation sites (N-methyl/N-ethyl adjacent to an activating group) is 1. The highest BCUT2D eigenvalue weighted by molar-refractivity contribution is 6.03. The van der Waals surface area contributed by atoms with Crippen molar-refractivity contribution in [3.05, 3.63) is 65.2 Å². The predicted molar refractivity (Wildman–Crippen MR) is 96.0 cm³/mol. The number of carbonyl (C=O) groups excluding carboxylic acids is 1. The summed E-state index contributed by atoms with van der Waals surface area (Å²) in [5, 5.41) is 0. The number of hydrogen-bond donors (Lipinski definition) is 0. The van der Waals surface area contributed by atoms with Gasteiger partial charge in [0.2, 0.25) is 0 Å². The van der Waals surface area contributed by atoms with Gasteiger partial charge in [-0.1, -0.05) is 18.2 Å². The van der Waals surface area contributed by atoms with E-state index in [1.54, 1.807) is 18.1 Å². The van der Waals surface area contributed by atoms with E-state index >= 15 is 0 Å². The number of rotatable bonds is 5. The van der Waals surface area contributed by atoms with Crippen molar-refractivity contribution in [3.8, 4) is 5.75 Å². The first-order valence-electron chi connectivity index (χ1n) is 7.76. The van der Waals surface area contributed by atoms with Gasteiger partial charge in [-0.3, -0.25) is 4.79 Å². The van der Waals surface area contributed by atoms with Gasteiger partial charge in [-0.15, -0.1) is 0 Å². The van der Waals surface area contributed by atoms with Crippen LogP contribution in [0.15, 0.2) is 48.5 Å². The maximum absolute atomic E-state index is 12.5. The lowest BCUT2D eigenvalue weighted by molar-refractivity contribution is -0.114. The minimum atomic E-state index is -0.0201. The Balaban J connectivity index is 2.24. The van der Waals surface area contributed by atoms with Crippen molar-refractivity contribution in [1.29, 1.82) is 0 Å². The van der Waals surface area contributed by atoms with Crippen molar-refractivity contribution in [2.45, 2.75) is 20.8 Å². The summed E-state index contributed by atoms with van der Waals surface area (Å²) in [6, 6.07) is 13.7. The number of benzene rings is 2. The summed E-state index contributed by atoms with van der Waals surface area (Å²) < 4.78 is 5.27. The highest BCUT2D eigenvalue weighted by Crippen LogP contribution is 2.23. The van der Waals surface area contributed by atoms with E-state index < -0.39 is 0 Å². The van der Waals surface area contributed by atoms with Crippen LogP contribution in [0.3, 0.4) is 0 Å². The lowest BCUT2D eigenvalue weighted by Gasteiger charge is -2.19. The molecule has 0 unspecified atom stereocenters. The largest absolute Gasteiger partial charge is 0.497 e. The molecule has 0 bridgehead atoms. The van der Waals surface area contributed by atoms with E-state index in [1.807, 2.05) is 69.3 Å². The standard InChI is InChI=1S/C20H23NO2/c1-5-21(17-9-7-6-8-10-17)20(22)12-11-19-15(2)13-18(23-4)14-16(19)3/h6-14H,5H2,1-4H3/b12-11+. The fraction of sp³-hybridized carbons (Fsp3) is 0.250. The Labute approximate surface area is 138 Å². The van der Waals surface area contributed by atoms with Crippen LogP contribution in [-0.4, -0.2) is 19.6 Å². The number of anilines is 1.